The van der Waals surface area contributed by atoms with E-state index >= 15 is 0 Å². The zero-order chi connectivity index (χ0) is 14.8. The highest BCUT2D eigenvalue weighted by molar-refractivity contribution is 7.89. The van der Waals surface area contributed by atoms with E-state index in [4.69, 9.17) is 5.73 Å². The first kappa shape index (κ1) is 15.9. The topological polar surface area (TPSA) is 92.4 Å². The Balaban J connectivity index is 3.07. The minimum Gasteiger partial charge on any atom is -0.399 e. The predicted octanol–water partition coefficient (Wildman–Crippen LogP) is 1.32. The van der Waals surface area contributed by atoms with Crippen molar-refractivity contribution in [2.75, 3.05) is 5.73 Å². The zero-order valence-electron chi connectivity index (χ0n) is 11.8. The largest absolute Gasteiger partial charge is 0.399 e. The molecule has 6 heteroatoms. The van der Waals surface area contributed by atoms with E-state index in [9.17, 15) is 13.5 Å². The molecular weight excluding hydrogens is 264 g/mol. The van der Waals surface area contributed by atoms with E-state index in [1.165, 1.54) is 6.07 Å². The molecule has 0 aliphatic rings. The van der Waals surface area contributed by atoms with Crippen LogP contribution in [0, 0.1) is 13.8 Å². The van der Waals surface area contributed by atoms with Crippen LogP contribution >= 0.6 is 0 Å². The summed E-state index contributed by atoms with van der Waals surface area (Å²) in [5.74, 6) is 0. The Labute approximate surface area is 114 Å². The molecule has 2 unspecified atom stereocenters. The standard InChI is InChI=1S/C13H22N2O3S/c1-8-5-12(14)7-13(11(8)4)19(17,18)15-9(2)6-10(3)16/h5,7,9-10,15-16H,6,14H2,1-4H3. The van der Waals surface area contributed by atoms with Crippen molar-refractivity contribution in [1.29, 1.82) is 0 Å². The molecule has 0 amide bonds. The van der Waals surface area contributed by atoms with Crippen molar-refractivity contribution in [3.8, 4) is 0 Å². The molecule has 0 aliphatic heterocycles. The molecule has 0 saturated heterocycles. The number of aliphatic hydroxyl groups excluding tert-OH is 1. The summed E-state index contributed by atoms with van der Waals surface area (Å²) in [7, 11) is -3.62. The van der Waals surface area contributed by atoms with E-state index in [1.54, 1.807) is 26.8 Å². The molecular formula is C13H22N2O3S. The summed E-state index contributed by atoms with van der Waals surface area (Å²) < 4.78 is 27.2. The normalized spacial score (nSPS) is 15.2. The number of nitrogens with two attached hydrogens (primary N) is 1. The van der Waals surface area contributed by atoms with Gasteiger partial charge >= 0.3 is 0 Å². The van der Waals surface area contributed by atoms with Gasteiger partial charge in [-0.05, 0) is 57.4 Å². The summed E-state index contributed by atoms with van der Waals surface area (Å²) in [5, 5.41) is 9.28. The molecule has 0 radical (unpaired) electrons. The fourth-order valence-corrected chi connectivity index (χ4v) is 3.63. The molecule has 2 atom stereocenters. The number of sulfonamides is 1. The highest BCUT2D eigenvalue weighted by Gasteiger charge is 2.21. The molecule has 0 fully saturated rings. The molecule has 1 rings (SSSR count). The summed E-state index contributed by atoms with van der Waals surface area (Å²) in [5.41, 5.74) is 7.65. The van der Waals surface area contributed by atoms with Gasteiger partial charge in [0.25, 0.3) is 0 Å². The number of hydrogen-bond donors (Lipinski definition) is 3. The fraction of sp³-hybridized carbons (Fsp3) is 0.538. The molecule has 108 valence electrons. The van der Waals surface area contributed by atoms with Crippen molar-refractivity contribution in [2.24, 2.45) is 0 Å². The minimum atomic E-state index is -3.62. The smallest absolute Gasteiger partial charge is 0.241 e. The number of anilines is 1. The van der Waals surface area contributed by atoms with Gasteiger partial charge in [0.15, 0.2) is 0 Å². The Hall–Kier alpha value is -1.11. The van der Waals surface area contributed by atoms with E-state index in [2.05, 4.69) is 4.72 Å². The molecule has 1 aromatic carbocycles. The van der Waals surface area contributed by atoms with Gasteiger partial charge in [0, 0.05) is 11.7 Å². The van der Waals surface area contributed by atoms with Crippen molar-refractivity contribution < 1.29 is 13.5 Å². The van der Waals surface area contributed by atoms with Crippen LogP contribution in [0.4, 0.5) is 5.69 Å². The lowest BCUT2D eigenvalue weighted by Gasteiger charge is -2.17. The third-order valence-electron chi connectivity index (χ3n) is 2.98. The van der Waals surface area contributed by atoms with Crippen LogP contribution in [-0.2, 0) is 10.0 Å². The second-order valence-electron chi connectivity index (χ2n) is 5.07. The average Bonchev–Trinajstić information content (AvgIpc) is 2.20. The number of nitrogen functional groups attached to an aromatic ring is 1. The third-order valence-corrected chi connectivity index (χ3v) is 4.70. The van der Waals surface area contributed by atoms with E-state index < -0.39 is 16.1 Å². The van der Waals surface area contributed by atoms with Crippen molar-refractivity contribution in [3.63, 3.8) is 0 Å². The van der Waals surface area contributed by atoms with Crippen LogP contribution in [0.3, 0.4) is 0 Å². The lowest BCUT2D eigenvalue weighted by molar-refractivity contribution is 0.175. The number of nitrogens with one attached hydrogen (secondary N) is 1. The molecule has 0 bridgehead atoms. The molecule has 5 nitrogen and oxygen atoms in total. The quantitative estimate of drug-likeness (QED) is 0.712. The number of hydrogen-bond acceptors (Lipinski definition) is 4. The van der Waals surface area contributed by atoms with E-state index in [0.29, 0.717) is 17.7 Å². The monoisotopic (exact) mass is 286 g/mol. The van der Waals surface area contributed by atoms with Crippen LogP contribution in [0.5, 0.6) is 0 Å². The Bertz CT molecular complexity index is 553. The molecule has 4 N–H and O–H groups in total. The predicted molar refractivity (Wildman–Crippen MR) is 76.4 cm³/mol. The summed E-state index contributed by atoms with van der Waals surface area (Å²) in [6.07, 6.45) is -0.194. The number of rotatable bonds is 5. The Morgan fingerprint density at radius 3 is 2.42 bits per heavy atom. The van der Waals surface area contributed by atoms with Gasteiger partial charge < -0.3 is 10.8 Å². The fourth-order valence-electron chi connectivity index (χ4n) is 2.02. The van der Waals surface area contributed by atoms with Gasteiger partial charge in [0.05, 0.1) is 11.0 Å². The van der Waals surface area contributed by atoms with Crippen LogP contribution in [0.2, 0.25) is 0 Å². The van der Waals surface area contributed by atoms with Gasteiger partial charge in [-0.1, -0.05) is 0 Å². The molecule has 0 saturated carbocycles. The number of aliphatic hydroxyl groups is 1. The van der Waals surface area contributed by atoms with Crippen LogP contribution in [0.25, 0.3) is 0 Å². The average molecular weight is 286 g/mol. The Kier molecular flexibility index (Phi) is 4.95. The van der Waals surface area contributed by atoms with Crippen molar-refractivity contribution in [2.45, 2.75) is 51.2 Å². The van der Waals surface area contributed by atoms with Crippen molar-refractivity contribution >= 4 is 15.7 Å². The number of aryl methyl sites for hydroxylation is 1. The molecule has 0 aliphatic carbocycles. The van der Waals surface area contributed by atoms with Crippen LogP contribution in [-0.4, -0.2) is 25.7 Å². The summed E-state index contributed by atoms with van der Waals surface area (Å²) in [4.78, 5) is 0.197. The van der Waals surface area contributed by atoms with Gasteiger partial charge in [0.1, 0.15) is 0 Å². The van der Waals surface area contributed by atoms with Gasteiger partial charge in [-0.3, -0.25) is 0 Å². The van der Waals surface area contributed by atoms with Gasteiger partial charge in [-0.15, -0.1) is 0 Å². The summed E-state index contributed by atoms with van der Waals surface area (Å²) in [6, 6.07) is 2.86. The first-order chi connectivity index (χ1) is 8.63. The molecule has 19 heavy (non-hydrogen) atoms. The first-order valence-corrected chi connectivity index (χ1v) is 7.69. The minimum absolute atomic E-state index is 0.197. The maximum Gasteiger partial charge on any atom is 0.241 e. The SMILES string of the molecule is Cc1cc(N)cc(S(=O)(=O)NC(C)CC(C)O)c1C. The Morgan fingerprint density at radius 1 is 1.32 bits per heavy atom. The lowest BCUT2D eigenvalue weighted by Crippen LogP contribution is -2.35. The van der Waals surface area contributed by atoms with Crippen LogP contribution < -0.4 is 10.5 Å². The molecule has 0 spiro atoms. The summed E-state index contributed by atoms with van der Waals surface area (Å²) in [6.45, 7) is 6.92. The van der Waals surface area contributed by atoms with Crippen LogP contribution in [0.15, 0.2) is 17.0 Å². The maximum atomic E-state index is 12.3. The van der Waals surface area contributed by atoms with E-state index in [1.807, 2.05) is 6.92 Å². The van der Waals surface area contributed by atoms with Gasteiger partial charge in [-0.2, -0.15) is 0 Å². The zero-order valence-corrected chi connectivity index (χ0v) is 12.6. The van der Waals surface area contributed by atoms with Crippen LogP contribution in [0.1, 0.15) is 31.4 Å². The van der Waals surface area contributed by atoms with E-state index in [0.717, 1.165) is 5.56 Å². The molecule has 0 aromatic heterocycles. The lowest BCUT2D eigenvalue weighted by atomic mass is 10.1. The van der Waals surface area contributed by atoms with Crippen molar-refractivity contribution in [1.82, 2.24) is 4.72 Å². The number of benzene rings is 1. The summed E-state index contributed by atoms with van der Waals surface area (Å²) >= 11 is 0. The molecule has 1 aromatic rings. The first-order valence-electron chi connectivity index (χ1n) is 6.20. The Morgan fingerprint density at radius 2 is 1.89 bits per heavy atom. The van der Waals surface area contributed by atoms with Gasteiger partial charge in [0.2, 0.25) is 10.0 Å². The highest BCUT2D eigenvalue weighted by atomic mass is 32.2. The molecule has 0 heterocycles. The van der Waals surface area contributed by atoms with E-state index in [-0.39, 0.29) is 10.9 Å². The third kappa shape index (κ3) is 4.19. The van der Waals surface area contributed by atoms with Crippen molar-refractivity contribution in [3.05, 3.63) is 23.3 Å². The second kappa shape index (κ2) is 5.90. The maximum absolute atomic E-state index is 12.3. The van der Waals surface area contributed by atoms with Gasteiger partial charge in [-0.25, -0.2) is 13.1 Å². The highest BCUT2D eigenvalue weighted by Crippen LogP contribution is 2.22. The second-order valence-corrected chi connectivity index (χ2v) is 6.75.